The molecule has 43 heavy (non-hydrogen) atoms. The Hall–Kier alpha value is -4.90. The molecule has 4 heterocycles. The van der Waals surface area contributed by atoms with Crippen LogP contribution in [0.1, 0.15) is 52.7 Å². The van der Waals surface area contributed by atoms with Crippen molar-refractivity contribution < 1.29 is 4.74 Å². The van der Waals surface area contributed by atoms with E-state index >= 15 is 0 Å². The first-order valence-electron chi connectivity index (χ1n) is 14.9. The molecular formula is C38H34N4O. The van der Waals surface area contributed by atoms with Gasteiger partial charge in [-0.1, -0.05) is 65.8 Å². The van der Waals surface area contributed by atoms with Crippen molar-refractivity contribution in [3.8, 4) is 11.5 Å². The third kappa shape index (κ3) is 3.91. The van der Waals surface area contributed by atoms with Crippen LogP contribution in [0.3, 0.4) is 0 Å². The Bertz CT molecular complexity index is 2400. The molecule has 5 nitrogen and oxygen atoms in total. The second-order valence-electron chi connectivity index (χ2n) is 13.7. The summed E-state index contributed by atoms with van der Waals surface area (Å²) in [5, 5.41) is 6.95. The lowest BCUT2D eigenvalue weighted by molar-refractivity contribution is 0.484. The van der Waals surface area contributed by atoms with Crippen LogP contribution in [0, 0.1) is 0 Å². The van der Waals surface area contributed by atoms with Crippen molar-refractivity contribution in [2.45, 2.75) is 52.4 Å². The number of ether oxygens (including phenoxy) is 1. The Balaban J connectivity index is 1.29. The fourth-order valence-corrected chi connectivity index (χ4v) is 6.60. The number of hydrogen-bond acceptors (Lipinski definition) is 3. The number of imidazole rings is 2. The van der Waals surface area contributed by atoms with Gasteiger partial charge in [-0.25, -0.2) is 9.97 Å². The summed E-state index contributed by atoms with van der Waals surface area (Å²) < 4.78 is 10.9. The first-order valence-corrected chi connectivity index (χ1v) is 14.9. The van der Waals surface area contributed by atoms with Gasteiger partial charge in [0.25, 0.3) is 0 Å². The minimum absolute atomic E-state index is 0.00235. The van der Waals surface area contributed by atoms with Crippen molar-refractivity contribution in [3.05, 3.63) is 109 Å². The number of benzene rings is 4. The van der Waals surface area contributed by atoms with Gasteiger partial charge in [0.1, 0.15) is 22.8 Å². The lowest BCUT2D eigenvalue weighted by Crippen LogP contribution is -2.12. The molecule has 0 saturated carbocycles. The molecular weight excluding hydrogens is 528 g/mol. The van der Waals surface area contributed by atoms with Crippen LogP contribution in [0.25, 0.3) is 54.6 Å². The highest BCUT2D eigenvalue weighted by molar-refractivity contribution is 6.14. The molecule has 8 aromatic rings. The van der Waals surface area contributed by atoms with Crippen molar-refractivity contribution in [3.63, 3.8) is 0 Å². The fraction of sp³-hybridized carbons (Fsp3) is 0.211. The van der Waals surface area contributed by atoms with Gasteiger partial charge in [0.05, 0.1) is 11.0 Å². The van der Waals surface area contributed by atoms with Gasteiger partial charge >= 0.3 is 0 Å². The smallest absolute Gasteiger partial charge is 0.145 e. The van der Waals surface area contributed by atoms with E-state index in [0.717, 1.165) is 33.6 Å². The maximum atomic E-state index is 6.56. The minimum atomic E-state index is -0.00235. The Morgan fingerprint density at radius 1 is 0.558 bits per heavy atom. The van der Waals surface area contributed by atoms with Crippen molar-refractivity contribution in [2.24, 2.45) is 0 Å². The highest BCUT2D eigenvalue weighted by Gasteiger charge is 2.21. The topological polar surface area (TPSA) is 43.8 Å². The SMILES string of the molecule is CC(C)(C)c1ccc2c3ccc(Oc4ccc5c(c4)c4nccn4c4cccc(C(C)(C)C)c54)cc3c3nccn3c2c1. The van der Waals surface area contributed by atoms with E-state index in [1.165, 1.54) is 43.7 Å². The largest absolute Gasteiger partial charge is 0.457 e. The van der Waals surface area contributed by atoms with Crippen molar-refractivity contribution >= 4 is 54.6 Å². The van der Waals surface area contributed by atoms with Crippen molar-refractivity contribution in [2.75, 3.05) is 0 Å². The van der Waals surface area contributed by atoms with Gasteiger partial charge in [0.15, 0.2) is 0 Å². The molecule has 8 rings (SSSR count). The molecule has 0 aliphatic carbocycles. The molecule has 212 valence electrons. The zero-order chi connectivity index (χ0) is 29.7. The van der Waals surface area contributed by atoms with E-state index < -0.39 is 0 Å². The Labute approximate surface area is 250 Å². The van der Waals surface area contributed by atoms with Crippen LogP contribution in [-0.2, 0) is 10.8 Å². The summed E-state index contributed by atoms with van der Waals surface area (Å²) in [5.41, 5.74) is 6.88. The second-order valence-corrected chi connectivity index (χ2v) is 13.7. The zero-order valence-electron chi connectivity index (χ0n) is 25.4. The highest BCUT2D eigenvalue weighted by Crippen LogP contribution is 2.39. The number of aromatic nitrogens is 4. The fourth-order valence-electron chi connectivity index (χ4n) is 6.60. The van der Waals surface area contributed by atoms with Gasteiger partial charge < -0.3 is 4.74 Å². The molecule has 0 aliphatic rings. The molecule has 0 radical (unpaired) electrons. The predicted molar refractivity (Wildman–Crippen MR) is 178 cm³/mol. The third-order valence-corrected chi connectivity index (χ3v) is 8.77. The van der Waals surface area contributed by atoms with E-state index in [2.05, 4.69) is 123 Å². The molecule has 0 fully saturated rings. The summed E-state index contributed by atoms with van der Waals surface area (Å²) in [7, 11) is 0. The average molecular weight is 563 g/mol. The van der Waals surface area contributed by atoms with Gasteiger partial charge in [-0.05, 0) is 81.3 Å². The molecule has 4 aromatic heterocycles. The molecule has 5 heteroatoms. The van der Waals surface area contributed by atoms with Gasteiger partial charge in [-0.15, -0.1) is 0 Å². The molecule has 0 aliphatic heterocycles. The maximum Gasteiger partial charge on any atom is 0.145 e. The summed E-state index contributed by atoms with van der Waals surface area (Å²) in [5.74, 6) is 1.55. The van der Waals surface area contributed by atoms with Crippen LogP contribution in [-0.4, -0.2) is 18.8 Å². The summed E-state index contributed by atoms with van der Waals surface area (Å²) >= 11 is 0. The summed E-state index contributed by atoms with van der Waals surface area (Å²) in [6.07, 6.45) is 7.84. The molecule has 0 bridgehead atoms. The van der Waals surface area contributed by atoms with E-state index in [-0.39, 0.29) is 10.8 Å². The lowest BCUT2D eigenvalue weighted by atomic mass is 9.83. The number of rotatable bonds is 2. The molecule has 0 amide bonds. The van der Waals surface area contributed by atoms with Gasteiger partial charge in [0.2, 0.25) is 0 Å². The monoisotopic (exact) mass is 562 g/mol. The number of fused-ring (bicyclic) bond motifs is 12. The summed E-state index contributed by atoms with van der Waals surface area (Å²) in [4.78, 5) is 9.51. The lowest BCUT2D eigenvalue weighted by Gasteiger charge is -2.23. The Morgan fingerprint density at radius 2 is 1.16 bits per heavy atom. The van der Waals surface area contributed by atoms with E-state index in [1.54, 1.807) is 0 Å². The van der Waals surface area contributed by atoms with E-state index in [9.17, 15) is 0 Å². The third-order valence-electron chi connectivity index (χ3n) is 8.77. The van der Waals surface area contributed by atoms with Crippen molar-refractivity contribution in [1.29, 1.82) is 0 Å². The van der Waals surface area contributed by atoms with E-state index in [0.29, 0.717) is 0 Å². The van der Waals surface area contributed by atoms with Crippen LogP contribution >= 0.6 is 0 Å². The second kappa shape index (κ2) is 8.81. The standard InChI is InChI=1S/C38H34N4O/c1-37(2,3)23-10-13-27-26-14-11-24(21-29(26)35-39-17-19-42(35)33(27)20-23)43-25-12-15-28-30(22-25)36-40-16-18-41(36)32-9-7-8-31(34(28)32)38(4,5)6/h7-22H,1-6H3. The van der Waals surface area contributed by atoms with E-state index in [4.69, 9.17) is 14.7 Å². The van der Waals surface area contributed by atoms with Crippen LogP contribution in [0.4, 0.5) is 0 Å². The van der Waals surface area contributed by atoms with Crippen LogP contribution in [0.5, 0.6) is 11.5 Å². The molecule has 0 unspecified atom stereocenters. The van der Waals surface area contributed by atoms with Crippen LogP contribution < -0.4 is 4.74 Å². The van der Waals surface area contributed by atoms with Gasteiger partial charge in [-0.3, -0.25) is 8.80 Å². The zero-order valence-corrected chi connectivity index (χ0v) is 25.4. The molecule has 4 aromatic carbocycles. The van der Waals surface area contributed by atoms with Crippen molar-refractivity contribution in [1.82, 2.24) is 18.8 Å². The minimum Gasteiger partial charge on any atom is -0.457 e. The Kier molecular flexibility index (Phi) is 5.28. The van der Waals surface area contributed by atoms with Gasteiger partial charge in [-0.2, -0.15) is 0 Å². The highest BCUT2D eigenvalue weighted by atomic mass is 16.5. The average Bonchev–Trinajstić information content (AvgIpc) is 3.67. The number of pyridine rings is 2. The quantitative estimate of drug-likeness (QED) is 0.197. The van der Waals surface area contributed by atoms with E-state index in [1.807, 2.05) is 24.8 Å². The first-order chi connectivity index (χ1) is 20.6. The number of nitrogens with zero attached hydrogens (tertiary/aromatic N) is 4. The summed E-state index contributed by atoms with van der Waals surface area (Å²) in [6.45, 7) is 13.6. The van der Waals surface area contributed by atoms with Crippen LogP contribution in [0.2, 0.25) is 0 Å². The normalized spacial score (nSPS) is 12.9. The summed E-state index contributed by atoms with van der Waals surface area (Å²) in [6, 6.07) is 26.1. The molecule has 0 N–H and O–H groups in total. The molecule has 0 saturated heterocycles. The maximum absolute atomic E-state index is 6.56. The Morgan fingerprint density at radius 3 is 1.81 bits per heavy atom. The molecule has 0 spiro atoms. The van der Waals surface area contributed by atoms with Gasteiger partial charge in [0, 0.05) is 46.3 Å². The number of hydrogen-bond donors (Lipinski definition) is 0. The predicted octanol–water partition coefficient (Wildman–Crippen LogP) is 9.98. The van der Waals surface area contributed by atoms with Crippen LogP contribution in [0.15, 0.2) is 97.6 Å². The molecule has 0 atom stereocenters. The first kappa shape index (κ1) is 25.8.